The molecule has 1 heterocycles. The standard InChI is InChI=1S/C14H26N2O4/c1-6-19-12(17)10-9-16(8-7-11(10)15-5)13(18)20-14(2,3)4/h10-11,15H,6-9H2,1-5H3/t10-,11-/m1/s1. The van der Waals surface area contributed by atoms with Gasteiger partial charge < -0.3 is 19.7 Å². The summed E-state index contributed by atoms with van der Waals surface area (Å²) in [4.78, 5) is 25.6. The smallest absolute Gasteiger partial charge is 0.410 e. The van der Waals surface area contributed by atoms with E-state index in [1.807, 2.05) is 27.8 Å². The van der Waals surface area contributed by atoms with Gasteiger partial charge in [0.1, 0.15) is 5.60 Å². The topological polar surface area (TPSA) is 67.9 Å². The lowest BCUT2D eigenvalue weighted by molar-refractivity contribution is -0.150. The molecule has 6 heteroatoms. The Balaban J connectivity index is 2.69. The molecule has 0 aromatic heterocycles. The quantitative estimate of drug-likeness (QED) is 0.794. The zero-order valence-electron chi connectivity index (χ0n) is 13.1. The number of nitrogens with one attached hydrogen (secondary N) is 1. The SMILES string of the molecule is CCOC(=O)[C@@H]1CN(C(=O)OC(C)(C)C)CC[C@H]1NC. The van der Waals surface area contributed by atoms with E-state index in [-0.39, 0.29) is 24.0 Å². The third kappa shape index (κ3) is 4.67. The van der Waals surface area contributed by atoms with Crippen LogP contribution in [0.2, 0.25) is 0 Å². The maximum atomic E-state index is 12.1. The van der Waals surface area contributed by atoms with Crippen LogP contribution in [0, 0.1) is 5.92 Å². The Morgan fingerprint density at radius 1 is 1.35 bits per heavy atom. The number of carbonyl (C=O) groups excluding carboxylic acids is 2. The van der Waals surface area contributed by atoms with Gasteiger partial charge in [0, 0.05) is 19.1 Å². The molecule has 0 bridgehead atoms. The summed E-state index contributed by atoms with van der Waals surface area (Å²) in [6.07, 6.45) is 0.334. The fourth-order valence-electron chi connectivity index (χ4n) is 2.28. The van der Waals surface area contributed by atoms with Gasteiger partial charge in [-0.3, -0.25) is 4.79 Å². The van der Waals surface area contributed by atoms with E-state index in [9.17, 15) is 9.59 Å². The van der Waals surface area contributed by atoms with Crippen LogP contribution in [0.3, 0.4) is 0 Å². The number of piperidine rings is 1. The predicted molar refractivity (Wildman–Crippen MR) is 75.4 cm³/mol. The molecule has 0 aliphatic carbocycles. The van der Waals surface area contributed by atoms with Gasteiger partial charge in [-0.15, -0.1) is 0 Å². The lowest BCUT2D eigenvalue weighted by Crippen LogP contribution is -2.54. The normalized spacial score (nSPS) is 23.4. The summed E-state index contributed by atoms with van der Waals surface area (Å²) in [5.41, 5.74) is -0.531. The van der Waals surface area contributed by atoms with Crippen molar-refractivity contribution in [2.75, 3.05) is 26.7 Å². The highest BCUT2D eigenvalue weighted by molar-refractivity contribution is 5.75. The maximum Gasteiger partial charge on any atom is 0.410 e. The molecule has 1 N–H and O–H groups in total. The van der Waals surface area contributed by atoms with Gasteiger partial charge in [0.2, 0.25) is 0 Å². The third-order valence-corrected chi connectivity index (χ3v) is 3.22. The van der Waals surface area contributed by atoms with E-state index < -0.39 is 5.60 Å². The van der Waals surface area contributed by atoms with Gasteiger partial charge in [0.25, 0.3) is 0 Å². The second-order valence-electron chi connectivity index (χ2n) is 5.97. The summed E-state index contributed by atoms with van der Waals surface area (Å²) in [7, 11) is 1.82. The minimum Gasteiger partial charge on any atom is -0.466 e. The number of nitrogens with zero attached hydrogens (tertiary/aromatic N) is 1. The van der Waals surface area contributed by atoms with Crippen LogP contribution < -0.4 is 5.32 Å². The molecule has 0 spiro atoms. The van der Waals surface area contributed by atoms with Gasteiger partial charge in [-0.2, -0.15) is 0 Å². The van der Waals surface area contributed by atoms with Crippen LogP contribution in [0.25, 0.3) is 0 Å². The minimum atomic E-state index is -0.531. The average Bonchev–Trinajstić information content (AvgIpc) is 2.36. The lowest BCUT2D eigenvalue weighted by Gasteiger charge is -2.37. The molecule has 1 rings (SSSR count). The molecule has 0 aromatic carbocycles. The number of hydrogen-bond donors (Lipinski definition) is 1. The van der Waals surface area contributed by atoms with E-state index in [1.165, 1.54) is 0 Å². The first-order valence-corrected chi connectivity index (χ1v) is 7.10. The molecule has 6 nitrogen and oxygen atoms in total. The average molecular weight is 286 g/mol. The van der Waals surface area contributed by atoms with Crippen molar-refractivity contribution in [2.24, 2.45) is 5.92 Å². The molecule has 1 aliphatic heterocycles. The molecule has 1 amide bonds. The Hall–Kier alpha value is -1.30. The first kappa shape index (κ1) is 16.8. The summed E-state index contributed by atoms with van der Waals surface area (Å²) in [5, 5.41) is 3.12. The van der Waals surface area contributed by atoms with Crippen LogP contribution in [0.1, 0.15) is 34.1 Å². The van der Waals surface area contributed by atoms with Gasteiger partial charge in [0.15, 0.2) is 0 Å². The highest BCUT2D eigenvalue weighted by atomic mass is 16.6. The van der Waals surface area contributed by atoms with Crippen molar-refractivity contribution >= 4 is 12.1 Å². The molecule has 2 atom stereocenters. The summed E-state index contributed by atoms with van der Waals surface area (Å²) in [6, 6.07) is 0.0349. The van der Waals surface area contributed by atoms with Crippen LogP contribution in [-0.4, -0.2) is 55.3 Å². The number of esters is 1. The summed E-state index contributed by atoms with van der Waals surface area (Å²) in [6.45, 7) is 8.52. The van der Waals surface area contributed by atoms with E-state index in [2.05, 4.69) is 5.32 Å². The second kappa shape index (κ2) is 6.92. The number of rotatable bonds is 3. The molecule has 1 saturated heterocycles. The number of amides is 1. The lowest BCUT2D eigenvalue weighted by atomic mass is 9.92. The molecule has 0 unspecified atom stereocenters. The first-order valence-electron chi connectivity index (χ1n) is 7.10. The molecule has 0 saturated carbocycles. The van der Waals surface area contributed by atoms with Crippen molar-refractivity contribution < 1.29 is 19.1 Å². The van der Waals surface area contributed by atoms with Crippen LogP contribution in [0.5, 0.6) is 0 Å². The molecule has 0 radical (unpaired) electrons. The monoisotopic (exact) mass is 286 g/mol. The van der Waals surface area contributed by atoms with Crippen LogP contribution in [-0.2, 0) is 14.3 Å². The van der Waals surface area contributed by atoms with E-state index in [0.29, 0.717) is 26.1 Å². The first-order chi connectivity index (χ1) is 9.28. The Morgan fingerprint density at radius 3 is 2.50 bits per heavy atom. The van der Waals surface area contributed by atoms with Crippen LogP contribution in [0.4, 0.5) is 4.79 Å². The molecule has 1 aliphatic rings. The Labute approximate surface area is 120 Å². The summed E-state index contributed by atoms with van der Waals surface area (Å²) < 4.78 is 10.4. The minimum absolute atomic E-state index is 0.0349. The largest absolute Gasteiger partial charge is 0.466 e. The molecule has 20 heavy (non-hydrogen) atoms. The zero-order chi connectivity index (χ0) is 15.3. The number of ether oxygens (including phenoxy) is 2. The fourth-order valence-corrected chi connectivity index (χ4v) is 2.28. The van der Waals surface area contributed by atoms with Gasteiger partial charge in [-0.25, -0.2) is 4.79 Å². The molecular weight excluding hydrogens is 260 g/mol. The zero-order valence-corrected chi connectivity index (χ0v) is 13.1. The highest BCUT2D eigenvalue weighted by Gasteiger charge is 2.37. The van der Waals surface area contributed by atoms with Crippen molar-refractivity contribution in [3.8, 4) is 0 Å². The summed E-state index contributed by atoms with van der Waals surface area (Å²) >= 11 is 0. The van der Waals surface area contributed by atoms with E-state index in [0.717, 1.165) is 0 Å². The Morgan fingerprint density at radius 2 is 2.00 bits per heavy atom. The number of carbonyl (C=O) groups is 2. The van der Waals surface area contributed by atoms with Gasteiger partial charge in [-0.1, -0.05) is 0 Å². The third-order valence-electron chi connectivity index (χ3n) is 3.22. The van der Waals surface area contributed by atoms with Crippen LogP contribution >= 0.6 is 0 Å². The number of likely N-dealkylation sites (tertiary alicyclic amines) is 1. The van der Waals surface area contributed by atoms with E-state index in [1.54, 1.807) is 11.8 Å². The fraction of sp³-hybridized carbons (Fsp3) is 0.857. The van der Waals surface area contributed by atoms with Crippen molar-refractivity contribution in [3.05, 3.63) is 0 Å². The molecular formula is C14H26N2O4. The predicted octanol–water partition coefficient (Wildman–Crippen LogP) is 1.39. The van der Waals surface area contributed by atoms with E-state index >= 15 is 0 Å². The van der Waals surface area contributed by atoms with Crippen LogP contribution in [0.15, 0.2) is 0 Å². The van der Waals surface area contributed by atoms with E-state index in [4.69, 9.17) is 9.47 Å². The van der Waals surface area contributed by atoms with Crippen molar-refractivity contribution in [3.63, 3.8) is 0 Å². The van der Waals surface area contributed by atoms with Gasteiger partial charge in [-0.05, 0) is 41.2 Å². The highest BCUT2D eigenvalue weighted by Crippen LogP contribution is 2.21. The maximum absolute atomic E-state index is 12.1. The number of hydrogen-bond acceptors (Lipinski definition) is 5. The van der Waals surface area contributed by atoms with Crippen molar-refractivity contribution in [1.82, 2.24) is 10.2 Å². The van der Waals surface area contributed by atoms with Gasteiger partial charge in [0.05, 0.1) is 12.5 Å². The molecule has 116 valence electrons. The summed E-state index contributed by atoms with van der Waals surface area (Å²) in [5.74, 6) is -0.610. The van der Waals surface area contributed by atoms with Crippen molar-refractivity contribution in [1.29, 1.82) is 0 Å². The Bertz CT molecular complexity index is 352. The molecule has 0 aromatic rings. The van der Waals surface area contributed by atoms with Gasteiger partial charge >= 0.3 is 12.1 Å². The Kier molecular flexibility index (Phi) is 5.80. The van der Waals surface area contributed by atoms with Crippen molar-refractivity contribution in [2.45, 2.75) is 45.8 Å². The molecule has 1 fully saturated rings. The second-order valence-corrected chi connectivity index (χ2v) is 5.97.